The smallest absolute Gasteiger partial charge is 0.237 e. The van der Waals surface area contributed by atoms with E-state index in [1.807, 2.05) is 0 Å². The number of nitrogens with one attached hydrogen (secondary N) is 1. The van der Waals surface area contributed by atoms with Gasteiger partial charge in [0.25, 0.3) is 0 Å². The van der Waals surface area contributed by atoms with Gasteiger partial charge in [0, 0.05) is 12.4 Å². The van der Waals surface area contributed by atoms with Gasteiger partial charge in [0.05, 0.1) is 13.2 Å². The van der Waals surface area contributed by atoms with E-state index >= 15 is 0 Å². The average molecular weight is 196 g/mol. The summed E-state index contributed by atoms with van der Waals surface area (Å²) < 4.78 is 5.11. The van der Waals surface area contributed by atoms with Gasteiger partial charge in [-0.2, -0.15) is 0 Å². The molecule has 78 valence electrons. The van der Waals surface area contributed by atoms with Gasteiger partial charge in [0.15, 0.2) is 0 Å². The first-order valence-electron chi connectivity index (χ1n) is 4.64. The third-order valence-corrected chi connectivity index (χ3v) is 1.99. The fourth-order valence-electron chi connectivity index (χ4n) is 1.32. The summed E-state index contributed by atoms with van der Waals surface area (Å²) in [5.74, 6) is 5.97. The lowest BCUT2D eigenvalue weighted by Crippen LogP contribution is -2.29. The number of methoxy groups -OCH3 is 1. The Kier molecular flexibility index (Phi) is 4.28. The van der Waals surface area contributed by atoms with Crippen LogP contribution in [0.1, 0.15) is 31.5 Å². The second kappa shape index (κ2) is 5.51. The Morgan fingerprint density at radius 2 is 2.21 bits per heavy atom. The highest BCUT2D eigenvalue weighted by Crippen LogP contribution is 2.22. The third kappa shape index (κ3) is 2.40. The molecule has 0 bridgehead atoms. The van der Waals surface area contributed by atoms with E-state index in [0.717, 1.165) is 18.5 Å². The molecule has 0 amide bonds. The highest BCUT2D eigenvalue weighted by Gasteiger charge is 2.15. The maximum atomic E-state index is 5.44. The molecule has 0 spiro atoms. The first kappa shape index (κ1) is 10.9. The van der Waals surface area contributed by atoms with Gasteiger partial charge in [0.1, 0.15) is 5.69 Å². The Balaban J connectivity index is 2.90. The summed E-state index contributed by atoms with van der Waals surface area (Å²) in [5.41, 5.74) is 3.47. The van der Waals surface area contributed by atoms with E-state index in [1.165, 1.54) is 0 Å². The molecule has 1 atom stereocenters. The second-order valence-corrected chi connectivity index (χ2v) is 2.96. The van der Waals surface area contributed by atoms with Crippen LogP contribution in [0.3, 0.4) is 0 Å². The van der Waals surface area contributed by atoms with Gasteiger partial charge in [-0.25, -0.2) is 4.98 Å². The van der Waals surface area contributed by atoms with Crippen LogP contribution in [0.4, 0.5) is 0 Å². The van der Waals surface area contributed by atoms with Crippen LogP contribution < -0.4 is 16.0 Å². The van der Waals surface area contributed by atoms with Crippen LogP contribution in [0.25, 0.3) is 0 Å². The van der Waals surface area contributed by atoms with Crippen LogP contribution >= 0.6 is 0 Å². The van der Waals surface area contributed by atoms with Gasteiger partial charge >= 0.3 is 0 Å². The third-order valence-electron chi connectivity index (χ3n) is 1.99. The fraction of sp³-hybridized carbons (Fsp3) is 0.556. The van der Waals surface area contributed by atoms with E-state index in [9.17, 15) is 0 Å². The normalized spacial score (nSPS) is 12.5. The van der Waals surface area contributed by atoms with Crippen molar-refractivity contribution < 1.29 is 4.74 Å². The number of hydrogen-bond acceptors (Lipinski definition) is 5. The van der Waals surface area contributed by atoms with Crippen molar-refractivity contribution in [1.29, 1.82) is 0 Å². The van der Waals surface area contributed by atoms with Crippen molar-refractivity contribution in [2.45, 2.75) is 25.8 Å². The SMILES string of the molecule is CCCC(NN)c1nccnc1OC. The molecule has 0 fully saturated rings. The molecule has 1 rings (SSSR count). The summed E-state index contributed by atoms with van der Waals surface area (Å²) >= 11 is 0. The molecule has 0 aliphatic carbocycles. The van der Waals surface area contributed by atoms with Crippen molar-refractivity contribution >= 4 is 0 Å². The number of hydrazine groups is 1. The maximum absolute atomic E-state index is 5.44. The van der Waals surface area contributed by atoms with Crippen molar-refractivity contribution in [3.8, 4) is 5.88 Å². The molecule has 5 heteroatoms. The Labute approximate surface area is 83.7 Å². The second-order valence-electron chi connectivity index (χ2n) is 2.96. The number of ether oxygens (including phenoxy) is 1. The number of aromatic nitrogens is 2. The Hall–Kier alpha value is -1.20. The first-order chi connectivity index (χ1) is 6.83. The minimum absolute atomic E-state index is 0.00338. The molecule has 1 unspecified atom stereocenters. The van der Waals surface area contributed by atoms with Gasteiger partial charge in [-0.3, -0.25) is 16.3 Å². The zero-order valence-electron chi connectivity index (χ0n) is 8.53. The number of hydrogen-bond donors (Lipinski definition) is 2. The standard InChI is InChI=1S/C9H16N4O/c1-3-4-7(13-10)8-9(14-2)12-6-5-11-8/h5-7,13H,3-4,10H2,1-2H3. The monoisotopic (exact) mass is 196 g/mol. The van der Waals surface area contributed by atoms with Gasteiger partial charge in [-0.1, -0.05) is 13.3 Å². The predicted molar refractivity (Wildman–Crippen MR) is 53.6 cm³/mol. The lowest BCUT2D eigenvalue weighted by Gasteiger charge is -2.15. The quantitative estimate of drug-likeness (QED) is 0.538. The summed E-state index contributed by atoms with van der Waals surface area (Å²) in [7, 11) is 1.58. The summed E-state index contributed by atoms with van der Waals surface area (Å²) in [6.07, 6.45) is 5.17. The molecule has 3 N–H and O–H groups in total. The van der Waals surface area contributed by atoms with Crippen molar-refractivity contribution in [3.05, 3.63) is 18.1 Å². The molecule has 1 aromatic heterocycles. The van der Waals surface area contributed by atoms with Crippen LogP contribution in [0.2, 0.25) is 0 Å². The Bertz CT molecular complexity index is 279. The highest BCUT2D eigenvalue weighted by molar-refractivity contribution is 5.20. The van der Waals surface area contributed by atoms with Crippen LogP contribution in [0.5, 0.6) is 5.88 Å². The Morgan fingerprint density at radius 1 is 1.50 bits per heavy atom. The zero-order valence-corrected chi connectivity index (χ0v) is 8.53. The van der Waals surface area contributed by atoms with E-state index in [-0.39, 0.29) is 6.04 Å². The van der Waals surface area contributed by atoms with Gasteiger partial charge < -0.3 is 4.74 Å². The zero-order chi connectivity index (χ0) is 10.4. The average Bonchev–Trinajstić information content (AvgIpc) is 2.26. The van der Waals surface area contributed by atoms with Gasteiger partial charge in [0.2, 0.25) is 5.88 Å². The van der Waals surface area contributed by atoms with E-state index in [2.05, 4.69) is 22.3 Å². The molecule has 5 nitrogen and oxygen atoms in total. The molecule has 0 saturated heterocycles. The van der Waals surface area contributed by atoms with Gasteiger partial charge in [-0.15, -0.1) is 0 Å². The van der Waals surface area contributed by atoms with Crippen LogP contribution in [0, 0.1) is 0 Å². The van der Waals surface area contributed by atoms with E-state index < -0.39 is 0 Å². The summed E-state index contributed by atoms with van der Waals surface area (Å²) in [5, 5.41) is 0. The van der Waals surface area contributed by atoms with Crippen molar-refractivity contribution in [2.75, 3.05) is 7.11 Å². The molecule has 1 heterocycles. The summed E-state index contributed by atoms with van der Waals surface area (Å²) in [6, 6.07) is 0.00338. The fourth-order valence-corrected chi connectivity index (χ4v) is 1.32. The molecule has 1 aromatic rings. The Morgan fingerprint density at radius 3 is 2.79 bits per heavy atom. The first-order valence-corrected chi connectivity index (χ1v) is 4.64. The number of nitrogens with two attached hydrogens (primary N) is 1. The van der Waals surface area contributed by atoms with Crippen LogP contribution in [0.15, 0.2) is 12.4 Å². The lowest BCUT2D eigenvalue weighted by atomic mass is 10.1. The molecular weight excluding hydrogens is 180 g/mol. The summed E-state index contributed by atoms with van der Waals surface area (Å²) in [6.45, 7) is 2.09. The van der Waals surface area contributed by atoms with E-state index in [1.54, 1.807) is 19.5 Å². The van der Waals surface area contributed by atoms with Crippen molar-refractivity contribution in [1.82, 2.24) is 15.4 Å². The van der Waals surface area contributed by atoms with Crippen molar-refractivity contribution in [3.63, 3.8) is 0 Å². The summed E-state index contributed by atoms with van der Waals surface area (Å²) in [4.78, 5) is 8.28. The van der Waals surface area contributed by atoms with Crippen LogP contribution in [-0.2, 0) is 0 Å². The van der Waals surface area contributed by atoms with E-state index in [4.69, 9.17) is 10.6 Å². The van der Waals surface area contributed by atoms with E-state index in [0.29, 0.717) is 5.88 Å². The van der Waals surface area contributed by atoms with Crippen LogP contribution in [-0.4, -0.2) is 17.1 Å². The van der Waals surface area contributed by atoms with Crippen molar-refractivity contribution in [2.24, 2.45) is 5.84 Å². The van der Waals surface area contributed by atoms with Gasteiger partial charge in [-0.05, 0) is 6.42 Å². The maximum Gasteiger partial charge on any atom is 0.237 e. The molecule has 0 aliphatic rings. The molecule has 14 heavy (non-hydrogen) atoms. The minimum Gasteiger partial charge on any atom is -0.480 e. The molecule has 0 saturated carbocycles. The molecular formula is C9H16N4O. The number of nitrogens with zero attached hydrogens (tertiary/aromatic N) is 2. The highest BCUT2D eigenvalue weighted by atomic mass is 16.5. The lowest BCUT2D eigenvalue weighted by molar-refractivity contribution is 0.373. The topological polar surface area (TPSA) is 73.1 Å². The largest absolute Gasteiger partial charge is 0.480 e. The molecule has 0 aromatic carbocycles. The molecule has 0 aliphatic heterocycles. The molecule has 0 radical (unpaired) electrons. The number of rotatable bonds is 5. The predicted octanol–water partition coefficient (Wildman–Crippen LogP) is 0.790. The minimum atomic E-state index is 0.00338.